The molecule has 3 N–H and O–H groups in total. The summed E-state index contributed by atoms with van der Waals surface area (Å²) in [4.78, 5) is 12.0. The fourth-order valence-corrected chi connectivity index (χ4v) is 2.79. The van der Waals surface area contributed by atoms with E-state index < -0.39 is 0 Å². The molecule has 0 bridgehead atoms. The molecule has 110 valence electrons. The van der Waals surface area contributed by atoms with E-state index in [0.717, 1.165) is 12.3 Å². The second-order valence-corrected chi connectivity index (χ2v) is 5.54. The second-order valence-electron chi connectivity index (χ2n) is 5.54. The van der Waals surface area contributed by atoms with Crippen LogP contribution in [0.2, 0.25) is 0 Å². The number of carbonyl (C=O) groups excluding carboxylic acids is 1. The van der Waals surface area contributed by atoms with E-state index in [0.29, 0.717) is 23.5 Å². The van der Waals surface area contributed by atoms with Gasteiger partial charge in [-0.3, -0.25) is 4.79 Å². The van der Waals surface area contributed by atoms with Crippen LogP contribution in [0.1, 0.15) is 44.9 Å². The van der Waals surface area contributed by atoms with Gasteiger partial charge in [0, 0.05) is 12.5 Å². The first kappa shape index (κ1) is 14.7. The number of rotatable bonds is 5. The third-order valence-corrected chi connectivity index (χ3v) is 4.04. The minimum atomic E-state index is 0.0375. The average Bonchev–Trinajstić information content (AvgIpc) is 2.48. The van der Waals surface area contributed by atoms with Gasteiger partial charge >= 0.3 is 0 Å². The maximum atomic E-state index is 12.0. The Morgan fingerprint density at radius 3 is 2.80 bits per heavy atom. The molecule has 1 fully saturated rings. The fourth-order valence-electron chi connectivity index (χ4n) is 2.79. The Kier molecular flexibility index (Phi) is 5.27. The lowest BCUT2D eigenvalue weighted by atomic mass is 9.86. The third kappa shape index (κ3) is 4.15. The molecule has 1 aliphatic carbocycles. The number of carbonyl (C=O) groups is 1. The van der Waals surface area contributed by atoms with E-state index in [1.165, 1.54) is 32.1 Å². The molecule has 1 aliphatic rings. The lowest BCUT2D eigenvalue weighted by Gasteiger charge is -2.21. The molecule has 2 rings (SSSR count). The molecule has 0 heterocycles. The summed E-state index contributed by atoms with van der Waals surface area (Å²) in [5, 5.41) is 2.88. The van der Waals surface area contributed by atoms with E-state index in [9.17, 15) is 4.79 Å². The van der Waals surface area contributed by atoms with Crippen molar-refractivity contribution in [2.45, 2.75) is 44.9 Å². The molecule has 1 aromatic rings. The highest BCUT2D eigenvalue weighted by Crippen LogP contribution is 2.28. The molecule has 1 amide bonds. The predicted molar refractivity (Wildman–Crippen MR) is 81.8 cm³/mol. The van der Waals surface area contributed by atoms with Crippen LogP contribution in [-0.4, -0.2) is 13.0 Å². The van der Waals surface area contributed by atoms with E-state index in [-0.39, 0.29) is 5.91 Å². The van der Waals surface area contributed by atoms with Gasteiger partial charge in [0.1, 0.15) is 5.75 Å². The van der Waals surface area contributed by atoms with Crippen LogP contribution in [0.5, 0.6) is 5.75 Å². The Morgan fingerprint density at radius 1 is 1.35 bits per heavy atom. The number of hydrogen-bond donors (Lipinski definition) is 2. The molecule has 0 aromatic heterocycles. The summed E-state index contributed by atoms with van der Waals surface area (Å²) in [5.41, 5.74) is 7.06. The zero-order chi connectivity index (χ0) is 14.4. The van der Waals surface area contributed by atoms with Crippen LogP contribution in [0, 0.1) is 5.92 Å². The number of ether oxygens (including phenoxy) is 1. The van der Waals surface area contributed by atoms with Gasteiger partial charge in [0.2, 0.25) is 5.91 Å². The van der Waals surface area contributed by atoms with Crippen LogP contribution in [-0.2, 0) is 4.79 Å². The standard InChI is InChI=1S/C16H24N2O2/c1-20-13-8-9-14(17)15(11-13)18-16(19)10-7-12-5-3-2-4-6-12/h8-9,11-12H,2-7,10,17H2,1H3,(H,18,19). The number of nitrogens with one attached hydrogen (secondary N) is 1. The van der Waals surface area contributed by atoms with Crippen LogP contribution in [0.25, 0.3) is 0 Å². The molecular weight excluding hydrogens is 252 g/mol. The normalized spacial score (nSPS) is 15.8. The number of benzene rings is 1. The van der Waals surface area contributed by atoms with E-state index >= 15 is 0 Å². The van der Waals surface area contributed by atoms with Crippen molar-refractivity contribution in [3.8, 4) is 5.75 Å². The molecule has 0 spiro atoms. The average molecular weight is 276 g/mol. The summed E-state index contributed by atoms with van der Waals surface area (Å²) < 4.78 is 5.14. The van der Waals surface area contributed by atoms with Gasteiger partial charge in [-0.15, -0.1) is 0 Å². The molecule has 1 aromatic carbocycles. The lowest BCUT2D eigenvalue weighted by Crippen LogP contribution is -2.15. The Morgan fingerprint density at radius 2 is 2.10 bits per heavy atom. The number of nitrogens with two attached hydrogens (primary N) is 1. The topological polar surface area (TPSA) is 64.3 Å². The van der Waals surface area contributed by atoms with Crippen molar-refractivity contribution in [3.05, 3.63) is 18.2 Å². The Labute approximate surface area is 120 Å². The molecule has 0 radical (unpaired) electrons. The van der Waals surface area contributed by atoms with Gasteiger partial charge < -0.3 is 15.8 Å². The van der Waals surface area contributed by atoms with Crippen molar-refractivity contribution in [1.82, 2.24) is 0 Å². The number of anilines is 2. The summed E-state index contributed by atoms with van der Waals surface area (Å²) in [6.45, 7) is 0. The summed E-state index contributed by atoms with van der Waals surface area (Å²) in [6, 6.07) is 5.29. The second kappa shape index (κ2) is 7.17. The van der Waals surface area contributed by atoms with Crippen molar-refractivity contribution in [3.63, 3.8) is 0 Å². The fraction of sp³-hybridized carbons (Fsp3) is 0.562. The SMILES string of the molecule is COc1ccc(N)c(NC(=O)CCC2CCCCC2)c1. The molecular formula is C16H24N2O2. The molecule has 0 atom stereocenters. The number of hydrogen-bond acceptors (Lipinski definition) is 3. The van der Waals surface area contributed by atoms with Gasteiger partial charge in [-0.05, 0) is 24.5 Å². The van der Waals surface area contributed by atoms with Gasteiger partial charge in [-0.1, -0.05) is 32.1 Å². The minimum absolute atomic E-state index is 0.0375. The quantitative estimate of drug-likeness (QED) is 0.808. The summed E-state index contributed by atoms with van der Waals surface area (Å²) in [7, 11) is 1.60. The van der Waals surface area contributed by atoms with Gasteiger partial charge in [0.25, 0.3) is 0 Å². The lowest BCUT2D eigenvalue weighted by molar-refractivity contribution is -0.116. The van der Waals surface area contributed by atoms with E-state index in [1.807, 2.05) is 0 Å². The Bertz CT molecular complexity index is 454. The van der Waals surface area contributed by atoms with Gasteiger partial charge in [0.05, 0.1) is 18.5 Å². The smallest absolute Gasteiger partial charge is 0.224 e. The number of amides is 1. The summed E-state index contributed by atoms with van der Waals surface area (Å²) >= 11 is 0. The maximum absolute atomic E-state index is 12.0. The van der Waals surface area contributed by atoms with Crippen LogP contribution in [0.3, 0.4) is 0 Å². The Hall–Kier alpha value is -1.71. The molecule has 0 saturated heterocycles. The van der Waals surface area contributed by atoms with E-state index in [2.05, 4.69) is 5.32 Å². The van der Waals surface area contributed by atoms with Gasteiger partial charge in [-0.25, -0.2) is 0 Å². The monoisotopic (exact) mass is 276 g/mol. The predicted octanol–water partition coefficient (Wildman–Crippen LogP) is 3.58. The number of nitrogen functional groups attached to an aromatic ring is 1. The zero-order valence-electron chi connectivity index (χ0n) is 12.2. The minimum Gasteiger partial charge on any atom is -0.497 e. The first-order valence-corrected chi connectivity index (χ1v) is 7.42. The molecule has 20 heavy (non-hydrogen) atoms. The van der Waals surface area contributed by atoms with Crippen molar-refractivity contribution >= 4 is 17.3 Å². The summed E-state index contributed by atoms with van der Waals surface area (Å²) in [6.07, 6.45) is 8.08. The largest absolute Gasteiger partial charge is 0.497 e. The van der Waals surface area contributed by atoms with Gasteiger partial charge in [0.15, 0.2) is 0 Å². The molecule has 0 unspecified atom stereocenters. The zero-order valence-corrected chi connectivity index (χ0v) is 12.2. The molecule has 0 aliphatic heterocycles. The van der Waals surface area contributed by atoms with Crippen LogP contribution in [0.15, 0.2) is 18.2 Å². The maximum Gasteiger partial charge on any atom is 0.224 e. The van der Waals surface area contributed by atoms with E-state index in [1.54, 1.807) is 25.3 Å². The van der Waals surface area contributed by atoms with Crippen molar-refractivity contribution in [2.75, 3.05) is 18.2 Å². The highest BCUT2D eigenvalue weighted by atomic mass is 16.5. The first-order chi connectivity index (χ1) is 9.69. The van der Waals surface area contributed by atoms with Crippen LogP contribution < -0.4 is 15.8 Å². The highest BCUT2D eigenvalue weighted by Gasteiger charge is 2.15. The third-order valence-electron chi connectivity index (χ3n) is 4.04. The summed E-state index contributed by atoms with van der Waals surface area (Å²) in [5.74, 6) is 1.45. The number of methoxy groups -OCH3 is 1. The van der Waals surface area contributed by atoms with Crippen molar-refractivity contribution < 1.29 is 9.53 Å². The first-order valence-electron chi connectivity index (χ1n) is 7.42. The van der Waals surface area contributed by atoms with Crippen LogP contribution >= 0.6 is 0 Å². The molecule has 1 saturated carbocycles. The van der Waals surface area contributed by atoms with Gasteiger partial charge in [-0.2, -0.15) is 0 Å². The van der Waals surface area contributed by atoms with Crippen molar-refractivity contribution in [2.24, 2.45) is 5.92 Å². The van der Waals surface area contributed by atoms with Crippen molar-refractivity contribution in [1.29, 1.82) is 0 Å². The molecule has 4 nitrogen and oxygen atoms in total. The van der Waals surface area contributed by atoms with E-state index in [4.69, 9.17) is 10.5 Å². The highest BCUT2D eigenvalue weighted by molar-refractivity contribution is 5.94. The molecule has 4 heteroatoms. The van der Waals surface area contributed by atoms with Crippen LogP contribution in [0.4, 0.5) is 11.4 Å². The Balaban J connectivity index is 1.84.